The third-order valence-electron chi connectivity index (χ3n) is 9.53. The maximum absolute atomic E-state index is 2.72. The molecule has 0 aliphatic heterocycles. The summed E-state index contributed by atoms with van der Waals surface area (Å²) in [7, 11) is 0. The van der Waals surface area contributed by atoms with Gasteiger partial charge in [-0.3, -0.25) is 0 Å². The smallest absolute Gasteiger partial charge is 0.00853 e. The Morgan fingerprint density at radius 3 is 2.54 bits per heavy atom. The Morgan fingerprint density at radius 1 is 0.962 bits per heavy atom. The van der Waals surface area contributed by atoms with Gasteiger partial charge in [-0.1, -0.05) is 64.8 Å². The molecule has 0 aromatic heterocycles. The van der Waals surface area contributed by atoms with E-state index in [0.717, 1.165) is 29.6 Å². The SMILES string of the molecule is CC(C)/C=C/C(C)C1CCC2C3CC=C4CCCCC4(C)C3CCC12C. The highest BCUT2D eigenvalue weighted by Gasteiger charge is 2.58. The van der Waals surface area contributed by atoms with Gasteiger partial charge in [0.15, 0.2) is 0 Å². The lowest BCUT2D eigenvalue weighted by Gasteiger charge is -2.58. The Balaban J connectivity index is 1.57. The highest BCUT2D eigenvalue weighted by molar-refractivity contribution is 5.24. The third kappa shape index (κ3) is 2.85. The van der Waals surface area contributed by atoms with Crippen LogP contribution in [0.5, 0.6) is 0 Å². The van der Waals surface area contributed by atoms with Crippen molar-refractivity contribution in [2.24, 2.45) is 46.3 Å². The normalized spacial score (nSPS) is 46.6. The van der Waals surface area contributed by atoms with Crippen LogP contribution in [-0.4, -0.2) is 0 Å². The van der Waals surface area contributed by atoms with Crippen molar-refractivity contribution in [1.29, 1.82) is 0 Å². The number of hydrogen-bond acceptors (Lipinski definition) is 0. The fourth-order valence-corrected chi connectivity index (χ4v) is 8.13. The van der Waals surface area contributed by atoms with Gasteiger partial charge >= 0.3 is 0 Å². The minimum absolute atomic E-state index is 0.559. The van der Waals surface area contributed by atoms with Crippen LogP contribution in [-0.2, 0) is 0 Å². The number of hydrogen-bond donors (Lipinski definition) is 0. The van der Waals surface area contributed by atoms with Gasteiger partial charge in [-0.2, -0.15) is 0 Å². The van der Waals surface area contributed by atoms with Crippen LogP contribution < -0.4 is 0 Å². The van der Waals surface area contributed by atoms with E-state index in [1.54, 1.807) is 0 Å². The van der Waals surface area contributed by atoms with E-state index in [1.807, 2.05) is 5.57 Å². The van der Waals surface area contributed by atoms with Crippen LogP contribution in [0.3, 0.4) is 0 Å². The van der Waals surface area contributed by atoms with Gasteiger partial charge in [-0.05, 0) is 97.7 Å². The second kappa shape index (κ2) is 6.82. The largest absolute Gasteiger partial charge is 0.0857 e. The van der Waals surface area contributed by atoms with Crippen molar-refractivity contribution in [2.75, 3.05) is 0 Å². The van der Waals surface area contributed by atoms with Gasteiger partial charge in [-0.25, -0.2) is 0 Å². The number of fused-ring (bicyclic) bond motifs is 5. The summed E-state index contributed by atoms with van der Waals surface area (Å²) >= 11 is 0. The highest BCUT2D eigenvalue weighted by atomic mass is 14.6. The second-order valence-corrected chi connectivity index (χ2v) is 11.2. The van der Waals surface area contributed by atoms with Crippen LogP contribution in [0.25, 0.3) is 0 Å². The Hall–Kier alpha value is -0.520. The van der Waals surface area contributed by atoms with Crippen LogP contribution in [0.1, 0.15) is 92.4 Å². The zero-order valence-corrected chi connectivity index (χ0v) is 18.1. The average Bonchev–Trinajstić information content (AvgIpc) is 2.96. The minimum Gasteiger partial charge on any atom is -0.0857 e. The van der Waals surface area contributed by atoms with Crippen molar-refractivity contribution in [2.45, 2.75) is 92.4 Å². The first-order chi connectivity index (χ1) is 12.4. The Morgan fingerprint density at radius 2 is 1.77 bits per heavy atom. The van der Waals surface area contributed by atoms with Gasteiger partial charge in [0, 0.05) is 0 Å². The molecule has 0 heteroatoms. The van der Waals surface area contributed by atoms with E-state index in [4.69, 9.17) is 0 Å². The molecule has 26 heavy (non-hydrogen) atoms. The standard InChI is InChI=1S/C26H42/c1-18(2)9-10-19(3)22-13-14-23-21-12-11-20-8-6-7-16-25(20,4)24(21)15-17-26(22,23)5/h9-11,18-19,21-24H,6-8,12-17H2,1-5H3/b10-9+. The molecule has 0 radical (unpaired) electrons. The Bertz CT molecular complexity index is 581. The summed E-state index contributed by atoms with van der Waals surface area (Å²) in [5.41, 5.74) is 3.01. The molecule has 0 saturated heterocycles. The van der Waals surface area contributed by atoms with E-state index in [2.05, 4.69) is 52.8 Å². The predicted octanol–water partition coefficient (Wildman–Crippen LogP) is 7.80. The lowest BCUT2D eigenvalue weighted by molar-refractivity contribution is -0.0462. The van der Waals surface area contributed by atoms with Gasteiger partial charge in [-0.15, -0.1) is 0 Å². The molecule has 7 unspecified atom stereocenters. The molecule has 0 nitrogen and oxygen atoms in total. The molecule has 7 atom stereocenters. The van der Waals surface area contributed by atoms with Gasteiger partial charge in [0.2, 0.25) is 0 Å². The van der Waals surface area contributed by atoms with Crippen LogP contribution in [0, 0.1) is 46.3 Å². The molecule has 3 fully saturated rings. The quantitative estimate of drug-likeness (QED) is 0.453. The molecule has 4 rings (SSSR count). The molecule has 4 aliphatic carbocycles. The van der Waals surface area contributed by atoms with Crippen molar-refractivity contribution in [3.05, 3.63) is 23.8 Å². The molecule has 0 aromatic rings. The highest BCUT2D eigenvalue weighted by Crippen LogP contribution is 2.67. The summed E-state index contributed by atoms with van der Waals surface area (Å²) in [6.07, 6.45) is 20.9. The molecule has 0 aromatic carbocycles. The zero-order chi connectivity index (χ0) is 18.5. The summed E-state index contributed by atoms with van der Waals surface area (Å²) in [6.45, 7) is 12.5. The number of allylic oxidation sites excluding steroid dienone is 4. The first-order valence-corrected chi connectivity index (χ1v) is 11.7. The van der Waals surface area contributed by atoms with Gasteiger partial charge in [0.1, 0.15) is 0 Å². The lowest BCUT2D eigenvalue weighted by Crippen LogP contribution is -2.49. The van der Waals surface area contributed by atoms with E-state index in [1.165, 1.54) is 57.8 Å². The van der Waals surface area contributed by atoms with Crippen molar-refractivity contribution in [3.8, 4) is 0 Å². The first kappa shape index (κ1) is 18.8. The summed E-state index contributed by atoms with van der Waals surface area (Å²) in [5, 5.41) is 0. The maximum Gasteiger partial charge on any atom is -0.00853 e. The molecule has 0 bridgehead atoms. The van der Waals surface area contributed by atoms with Crippen LogP contribution in [0.15, 0.2) is 23.8 Å². The van der Waals surface area contributed by atoms with E-state index in [0.29, 0.717) is 16.7 Å². The summed E-state index contributed by atoms with van der Waals surface area (Å²) in [5.74, 6) is 5.30. The van der Waals surface area contributed by atoms with Gasteiger partial charge in [0.25, 0.3) is 0 Å². The monoisotopic (exact) mass is 354 g/mol. The van der Waals surface area contributed by atoms with E-state index in [-0.39, 0.29) is 0 Å². The zero-order valence-electron chi connectivity index (χ0n) is 18.1. The van der Waals surface area contributed by atoms with Gasteiger partial charge < -0.3 is 0 Å². The van der Waals surface area contributed by atoms with Crippen molar-refractivity contribution >= 4 is 0 Å². The average molecular weight is 355 g/mol. The minimum atomic E-state index is 0.559. The third-order valence-corrected chi connectivity index (χ3v) is 9.53. The van der Waals surface area contributed by atoms with Crippen molar-refractivity contribution in [1.82, 2.24) is 0 Å². The van der Waals surface area contributed by atoms with Gasteiger partial charge in [0.05, 0.1) is 0 Å². The fraction of sp³-hybridized carbons (Fsp3) is 0.846. The number of rotatable bonds is 3. The Labute approximate surface area is 162 Å². The fourth-order valence-electron chi connectivity index (χ4n) is 8.13. The molecular formula is C26H42. The second-order valence-electron chi connectivity index (χ2n) is 11.2. The molecular weight excluding hydrogens is 312 g/mol. The van der Waals surface area contributed by atoms with Crippen molar-refractivity contribution < 1.29 is 0 Å². The molecule has 4 aliphatic rings. The van der Waals surface area contributed by atoms with E-state index >= 15 is 0 Å². The van der Waals surface area contributed by atoms with E-state index < -0.39 is 0 Å². The summed E-state index contributed by atoms with van der Waals surface area (Å²) < 4.78 is 0. The van der Waals surface area contributed by atoms with Crippen LogP contribution in [0.4, 0.5) is 0 Å². The molecule has 0 heterocycles. The molecule has 146 valence electrons. The molecule has 0 amide bonds. The topological polar surface area (TPSA) is 0 Å². The van der Waals surface area contributed by atoms with Crippen LogP contribution in [0.2, 0.25) is 0 Å². The van der Waals surface area contributed by atoms with E-state index in [9.17, 15) is 0 Å². The van der Waals surface area contributed by atoms with Crippen LogP contribution >= 0.6 is 0 Å². The Kier molecular flexibility index (Phi) is 4.94. The predicted molar refractivity (Wildman–Crippen MR) is 113 cm³/mol. The molecule has 0 N–H and O–H groups in total. The summed E-state index contributed by atoms with van der Waals surface area (Å²) in [4.78, 5) is 0. The summed E-state index contributed by atoms with van der Waals surface area (Å²) in [6, 6.07) is 0. The molecule has 0 spiro atoms. The van der Waals surface area contributed by atoms with Crippen molar-refractivity contribution in [3.63, 3.8) is 0 Å². The maximum atomic E-state index is 2.72. The lowest BCUT2D eigenvalue weighted by atomic mass is 9.47. The first-order valence-electron chi connectivity index (χ1n) is 11.7. The molecule has 3 saturated carbocycles.